The SMILES string of the molecule is CSc1ccc(C2c3c(oc4cc(C)c(Cl)cc4c3=O)C(=O)N2CCCOC(C)C)cc1. The van der Waals surface area contributed by atoms with E-state index in [4.69, 9.17) is 20.8 Å². The van der Waals surface area contributed by atoms with Crippen LogP contribution in [0.3, 0.4) is 0 Å². The number of fused-ring (bicyclic) bond motifs is 2. The summed E-state index contributed by atoms with van der Waals surface area (Å²) in [6, 6.07) is 10.8. The summed E-state index contributed by atoms with van der Waals surface area (Å²) >= 11 is 7.93. The largest absolute Gasteiger partial charge is 0.450 e. The lowest BCUT2D eigenvalue weighted by Gasteiger charge is -2.25. The van der Waals surface area contributed by atoms with Crippen LogP contribution in [0.5, 0.6) is 0 Å². The minimum absolute atomic E-state index is 0.118. The summed E-state index contributed by atoms with van der Waals surface area (Å²) in [5, 5.41) is 0.889. The predicted octanol–water partition coefficient (Wildman–Crippen LogP) is 5.84. The number of nitrogens with zero attached hydrogens (tertiary/aromatic N) is 1. The van der Waals surface area contributed by atoms with Crippen molar-refractivity contribution in [3.05, 3.63) is 74.1 Å². The third-order valence-corrected chi connectivity index (χ3v) is 6.82. The fourth-order valence-corrected chi connectivity index (χ4v) is 4.63. The van der Waals surface area contributed by atoms with Gasteiger partial charge in [-0.15, -0.1) is 11.8 Å². The van der Waals surface area contributed by atoms with E-state index in [1.807, 2.05) is 51.3 Å². The van der Waals surface area contributed by atoms with Gasteiger partial charge in [0.2, 0.25) is 5.76 Å². The van der Waals surface area contributed by atoms with Crippen LogP contribution in [0.25, 0.3) is 11.0 Å². The summed E-state index contributed by atoms with van der Waals surface area (Å²) in [6.07, 6.45) is 2.80. The van der Waals surface area contributed by atoms with E-state index < -0.39 is 6.04 Å². The molecule has 2 aromatic carbocycles. The van der Waals surface area contributed by atoms with E-state index in [1.165, 1.54) is 0 Å². The monoisotopic (exact) mass is 471 g/mol. The molecule has 0 radical (unpaired) electrons. The first-order valence-corrected chi connectivity index (χ1v) is 12.3. The Kier molecular flexibility index (Phi) is 6.65. The summed E-state index contributed by atoms with van der Waals surface area (Å²) < 4.78 is 11.7. The van der Waals surface area contributed by atoms with Crippen molar-refractivity contribution < 1.29 is 13.9 Å². The fraction of sp³-hybridized carbons (Fsp3) is 0.360. The van der Waals surface area contributed by atoms with Gasteiger partial charge in [0.25, 0.3) is 5.91 Å². The van der Waals surface area contributed by atoms with E-state index in [0.717, 1.165) is 16.0 Å². The molecule has 168 valence electrons. The van der Waals surface area contributed by atoms with Crippen LogP contribution in [0, 0.1) is 6.92 Å². The Bertz CT molecular complexity index is 1220. The van der Waals surface area contributed by atoms with Crippen LogP contribution in [0.1, 0.15) is 53.6 Å². The Labute approximate surface area is 196 Å². The average Bonchev–Trinajstić information content (AvgIpc) is 3.05. The number of carbonyl (C=O) groups excluding carboxylic acids is 1. The number of rotatable bonds is 7. The van der Waals surface area contributed by atoms with Crippen LogP contribution < -0.4 is 5.43 Å². The summed E-state index contributed by atoms with van der Waals surface area (Å²) in [5.74, 6) is -0.150. The highest BCUT2D eigenvalue weighted by atomic mass is 35.5. The Morgan fingerprint density at radius 3 is 2.56 bits per heavy atom. The van der Waals surface area contributed by atoms with Gasteiger partial charge in [-0.2, -0.15) is 0 Å². The Balaban J connectivity index is 1.83. The van der Waals surface area contributed by atoms with Gasteiger partial charge in [0.1, 0.15) is 5.58 Å². The highest BCUT2D eigenvalue weighted by Crippen LogP contribution is 2.39. The van der Waals surface area contributed by atoms with Crippen LogP contribution in [-0.2, 0) is 4.74 Å². The zero-order chi connectivity index (χ0) is 23.0. The minimum atomic E-state index is -0.506. The third kappa shape index (κ3) is 4.19. The summed E-state index contributed by atoms with van der Waals surface area (Å²) in [7, 11) is 0. The van der Waals surface area contributed by atoms with Crippen LogP contribution in [0.2, 0.25) is 5.02 Å². The van der Waals surface area contributed by atoms with Crippen molar-refractivity contribution in [1.29, 1.82) is 0 Å². The van der Waals surface area contributed by atoms with Crippen molar-refractivity contribution in [1.82, 2.24) is 4.90 Å². The molecule has 1 aliphatic rings. The zero-order valence-corrected chi connectivity index (χ0v) is 20.2. The van der Waals surface area contributed by atoms with Crippen LogP contribution in [0.15, 0.2) is 50.5 Å². The molecule has 5 nitrogen and oxygen atoms in total. The van der Waals surface area contributed by atoms with E-state index >= 15 is 0 Å². The van der Waals surface area contributed by atoms with Gasteiger partial charge in [0.05, 0.1) is 23.1 Å². The molecule has 7 heteroatoms. The van der Waals surface area contributed by atoms with Crippen molar-refractivity contribution >= 4 is 40.2 Å². The molecule has 2 heterocycles. The molecule has 1 amide bonds. The standard InChI is InChI=1S/C25H26ClNO4S/c1-14(2)30-11-5-10-27-22(16-6-8-17(32-4)9-7-16)21-23(28)18-13-19(26)15(3)12-20(18)31-24(21)25(27)29/h6-9,12-14,22H,5,10-11H2,1-4H3. The lowest BCUT2D eigenvalue weighted by atomic mass is 9.98. The first-order valence-electron chi connectivity index (χ1n) is 10.6. The van der Waals surface area contributed by atoms with Gasteiger partial charge in [-0.25, -0.2) is 0 Å². The fourth-order valence-electron chi connectivity index (χ4n) is 4.06. The molecule has 0 N–H and O–H groups in total. The number of carbonyl (C=O) groups is 1. The number of amides is 1. The zero-order valence-electron chi connectivity index (χ0n) is 18.6. The highest BCUT2D eigenvalue weighted by molar-refractivity contribution is 7.98. The molecule has 3 aromatic rings. The molecule has 32 heavy (non-hydrogen) atoms. The first-order chi connectivity index (χ1) is 15.3. The van der Waals surface area contributed by atoms with Gasteiger partial charge in [-0.1, -0.05) is 23.7 Å². The van der Waals surface area contributed by atoms with Gasteiger partial charge in [0.15, 0.2) is 5.43 Å². The van der Waals surface area contributed by atoms with Crippen molar-refractivity contribution in [3.8, 4) is 0 Å². The molecule has 1 unspecified atom stereocenters. The number of thioether (sulfide) groups is 1. The van der Waals surface area contributed by atoms with Gasteiger partial charge >= 0.3 is 0 Å². The number of ether oxygens (including phenoxy) is 1. The predicted molar refractivity (Wildman–Crippen MR) is 129 cm³/mol. The van der Waals surface area contributed by atoms with Gasteiger partial charge in [-0.3, -0.25) is 9.59 Å². The van der Waals surface area contributed by atoms with E-state index in [1.54, 1.807) is 28.8 Å². The van der Waals surface area contributed by atoms with Crippen LogP contribution >= 0.6 is 23.4 Å². The number of hydrogen-bond donors (Lipinski definition) is 0. The van der Waals surface area contributed by atoms with E-state index in [9.17, 15) is 9.59 Å². The smallest absolute Gasteiger partial charge is 0.290 e. The van der Waals surface area contributed by atoms with Crippen molar-refractivity contribution in [2.24, 2.45) is 0 Å². The molecule has 1 aromatic heterocycles. The second-order valence-corrected chi connectivity index (χ2v) is 9.51. The quantitative estimate of drug-likeness (QED) is 0.320. The molecule has 0 fully saturated rings. The van der Waals surface area contributed by atoms with Crippen LogP contribution in [0.4, 0.5) is 0 Å². The Morgan fingerprint density at radius 1 is 1.19 bits per heavy atom. The normalized spacial score (nSPS) is 15.8. The molecule has 0 saturated carbocycles. The Hall–Kier alpha value is -2.28. The third-order valence-electron chi connectivity index (χ3n) is 5.67. The maximum Gasteiger partial charge on any atom is 0.290 e. The molecule has 1 atom stereocenters. The summed E-state index contributed by atoms with van der Waals surface area (Å²) in [5.41, 5.74) is 2.22. The number of aryl methyl sites for hydroxylation is 1. The average molecular weight is 472 g/mol. The van der Waals surface area contributed by atoms with E-state index in [0.29, 0.717) is 41.1 Å². The molecular weight excluding hydrogens is 446 g/mol. The van der Waals surface area contributed by atoms with Crippen LogP contribution in [-0.4, -0.2) is 36.3 Å². The maximum absolute atomic E-state index is 13.6. The second kappa shape index (κ2) is 9.30. The van der Waals surface area contributed by atoms with Gasteiger partial charge in [-0.05, 0) is 68.8 Å². The lowest BCUT2D eigenvalue weighted by molar-refractivity contribution is 0.0593. The summed E-state index contributed by atoms with van der Waals surface area (Å²) in [6.45, 7) is 6.80. The molecule has 4 rings (SSSR count). The maximum atomic E-state index is 13.6. The topological polar surface area (TPSA) is 59.8 Å². The molecule has 1 aliphatic heterocycles. The van der Waals surface area contributed by atoms with Crippen molar-refractivity contribution in [2.75, 3.05) is 19.4 Å². The van der Waals surface area contributed by atoms with Gasteiger partial charge < -0.3 is 14.1 Å². The lowest BCUT2D eigenvalue weighted by Crippen LogP contribution is -2.31. The van der Waals surface area contributed by atoms with E-state index in [2.05, 4.69) is 0 Å². The second-order valence-electron chi connectivity index (χ2n) is 8.22. The van der Waals surface area contributed by atoms with Gasteiger partial charge in [0, 0.05) is 23.1 Å². The molecular formula is C25H26ClNO4S. The molecule has 0 bridgehead atoms. The minimum Gasteiger partial charge on any atom is -0.450 e. The Morgan fingerprint density at radius 2 is 1.91 bits per heavy atom. The summed E-state index contributed by atoms with van der Waals surface area (Å²) in [4.78, 5) is 29.8. The van der Waals surface area contributed by atoms with Crippen molar-refractivity contribution in [3.63, 3.8) is 0 Å². The highest BCUT2D eigenvalue weighted by Gasteiger charge is 2.42. The van der Waals surface area contributed by atoms with Crippen molar-refractivity contribution in [2.45, 2.75) is 44.2 Å². The number of hydrogen-bond acceptors (Lipinski definition) is 5. The molecule has 0 saturated heterocycles. The number of benzene rings is 2. The molecule has 0 aliphatic carbocycles. The first kappa shape index (κ1) is 22.9. The molecule has 0 spiro atoms. The number of halogens is 1. The van der Waals surface area contributed by atoms with E-state index in [-0.39, 0.29) is 23.2 Å².